The van der Waals surface area contributed by atoms with E-state index in [1.807, 2.05) is 30.3 Å². The SMILES string of the molecule is COc1cc(Nc2nc(NCc3ccccc3)c3ncn(Cc4ccc(C(F)(F)F)cc4)c3n2)cc(OC)c1OC. The summed E-state index contributed by atoms with van der Waals surface area (Å²) in [7, 11) is 4.57. The third-order valence-electron chi connectivity index (χ3n) is 6.32. The third kappa shape index (κ3) is 6.11. The van der Waals surface area contributed by atoms with Gasteiger partial charge < -0.3 is 29.4 Å². The molecular weight excluding hydrogens is 537 g/mol. The second-order valence-corrected chi connectivity index (χ2v) is 9.01. The van der Waals surface area contributed by atoms with Crippen LogP contribution in [0.15, 0.2) is 73.1 Å². The minimum Gasteiger partial charge on any atom is -0.493 e. The Morgan fingerprint density at radius 2 is 1.51 bits per heavy atom. The molecule has 0 aliphatic heterocycles. The fourth-order valence-electron chi connectivity index (χ4n) is 4.30. The van der Waals surface area contributed by atoms with E-state index in [0.29, 0.717) is 52.0 Å². The van der Waals surface area contributed by atoms with Gasteiger partial charge in [0.25, 0.3) is 0 Å². The number of hydrogen-bond acceptors (Lipinski definition) is 8. The van der Waals surface area contributed by atoms with E-state index in [0.717, 1.165) is 17.7 Å². The number of aromatic nitrogens is 4. The number of nitrogens with zero attached hydrogens (tertiary/aromatic N) is 4. The summed E-state index contributed by atoms with van der Waals surface area (Å²) in [6, 6.07) is 18.3. The van der Waals surface area contributed by atoms with E-state index in [1.54, 1.807) is 23.0 Å². The summed E-state index contributed by atoms with van der Waals surface area (Å²) in [5.41, 5.74) is 2.59. The van der Waals surface area contributed by atoms with Crippen LogP contribution in [0.2, 0.25) is 0 Å². The molecule has 41 heavy (non-hydrogen) atoms. The number of nitrogens with one attached hydrogen (secondary N) is 2. The molecule has 0 aliphatic rings. The Morgan fingerprint density at radius 3 is 2.12 bits per heavy atom. The molecule has 0 saturated heterocycles. The Hall–Kier alpha value is -5.00. The second-order valence-electron chi connectivity index (χ2n) is 9.01. The molecule has 2 N–H and O–H groups in total. The molecule has 0 atom stereocenters. The average Bonchev–Trinajstić information content (AvgIpc) is 3.38. The van der Waals surface area contributed by atoms with Crippen molar-refractivity contribution in [2.24, 2.45) is 0 Å². The van der Waals surface area contributed by atoms with E-state index in [1.165, 1.54) is 33.5 Å². The molecule has 0 amide bonds. The molecular formula is C29H27F3N6O3. The number of methoxy groups -OCH3 is 3. The first-order chi connectivity index (χ1) is 19.8. The molecule has 0 bridgehead atoms. The first-order valence-electron chi connectivity index (χ1n) is 12.5. The van der Waals surface area contributed by atoms with Gasteiger partial charge in [0, 0.05) is 24.4 Å². The van der Waals surface area contributed by atoms with E-state index >= 15 is 0 Å². The maximum absolute atomic E-state index is 13.0. The third-order valence-corrected chi connectivity index (χ3v) is 6.32. The van der Waals surface area contributed by atoms with Crippen LogP contribution in [0.1, 0.15) is 16.7 Å². The van der Waals surface area contributed by atoms with E-state index in [-0.39, 0.29) is 12.5 Å². The van der Waals surface area contributed by atoms with Gasteiger partial charge in [0.05, 0.1) is 39.8 Å². The van der Waals surface area contributed by atoms with Crippen LogP contribution in [-0.2, 0) is 19.3 Å². The van der Waals surface area contributed by atoms with Crippen molar-refractivity contribution in [3.8, 4) is 17.2 Å². The molecule has 0 fully saturated rings. The topological polar surface area (TPSA) is 95.4 Å². The summed E-state index contributed by atoms with van der Waals surface area (Å²) in [4.78, 5) is 13.9. The van der Waals surface area contributed by atoms with Gasteiger partial charge in [-0.15, -0.1) is 0 Å². The Morgan fingerprint density at radius 1 is 0.829 bits per heavy atom. The summed E-state index contributed by atoms with van der Waals surface area (Å²) in [6.45, 7) is 0.746. The van der Waals surface area contributed by atoms with Crippen molar-refractivity contribution in [3.05, 3.63) is 89.7 Å². The molecule has 5 aromatic rings. The molecule has 0 unspecified atom stereocenters. The molecule has 9 nitrogen and oxygen atoms in total. The second kappa shape index (κ2) is 11.6. The normalized spacial score (nSPS) is 11.4. The van der Waals surface area contributed by atoms with E-state index in [4.69, 9.17) is 19.2 Å². The monoisotopic (exact) mass is 564 g/mol. The minimum absolute atomic E-state index is 0.257. The quantitative estimate of drug-likeness (QED) is 0.205. The molecule has 3 aromatic carbocycles. The summed E-state index contributed by atoms with van der Waals surface area (Å²) < 4.78 is 57.2. The molecule has 5 rings (SSSR count). The van der Waals surface area contributed by atoms with Crippen molar-refractivity contribution in [2.45, 2.75) is 19.3 Å². The lowest BCUT2D eigenvalue weighted by Gasteiger charge is -2.15. The lowest BCUT2D eigenvalue weighted by atomic mass is 10.1. The highest BCUT2D eigenvalue weighted by atomic mass is 19.4. The van der Waals surface area contributed by atoms with Crippen molar-refractivity contribution >= 4 is 28.6 Å². The minimum atomic E-state index is -4.40. The van der Waals surface area contributed by atoms with Gasteiger partial charge in [0.15, 0.2) is 28.5 Å². The number of anilines is 3. The van der Waals surface area contributed by atoms with Gasteiger partial charge >= 0.3 is 6.18 Å². The van der Waals surface area contributed by atoms with Crippen LogP contribution in [0.4, 0.5) is 30.6 Å². The van der Waals surface area contributed by atoms with Crippen LogP contribution in [0.3, 0.4) is 0 Å². The van der Waals surface area contributed by atoms with Crippen molar-refractivity contribution in [1.29, 1.82) is 0 Å². The zero-order chi connectivity index (χ0) is 29.0. The average molecular weight is 565 g/mol. The Kier molecular flexibility index (Phi) is 7.81. The van der Waals surface area contributed by atoms with E-state index in [9.17, 15) is 13.2 Å². The zero-order valence-electron chi connectivity index (χ0n) is 22.5. The Balaban J connectivity index is 1.52. The van der Waals surface area contributed by atoms with Crippen LogP contribution in [0.25, 0.3) is 11.2 Å². The van der Waals surface area contributed by atoms with Gasteiger partial charge in [-0.1, -0.05) is 42.5 Å². The molecule has 212 valence electrons. The van der Waals surface area contributed by atoms with Gasteiger partial charge in [0.2, 0.25) is 11.7 Å². The Labute approximate surface area is 233 Å². The van der Waals surface area contributed by atoms with Gasteiger partial charge in [-0.3, -0.25) is 0 Å². The van der Waals surface area contributed by atoms with Crippen LogP contribution in [0, 0.1) is 0 Å². The van der Waals surface area contributed by atoms with Crippen molar-refractivity contribution in [1.82, 2.24) is 19.5 Å². The fraction of sp³-hybridized carbons (Fsp3) is 0.207. The van der Waals surface area contributed by atoms with Crippen LogP contribution in [0.5, 0.6) is 17.2 Å². The summed E-state index contributed by atoms with van der Waals surface area (Å²) in [5, 5.41) is 6.53. The number of rotatable bonds is 10. The highest BCUT2D eigenvalue weighted by molar-refractivity contribution is 5.85. The van der Waals surface area contributed by atoms with Crippen LogP contribution in [-0.4, -0.2) is 40.8 Å². The molecule has 12 heteroatoms. The number of fused-ring (bicyclic) bond motifs is 1. The summed E-state index contributed by atoms with van der Waals surface area (Å²) in [5.74, 6) is 2.09. The molecule has 0 saturated carbocycles. The maximum atomic E-state index is 13.0. The first-order valence-corrected chi connectivity index (χ1v) is 12.5. The molecule has 2 aromatic heterocycles. The Bertz CT molecular complexity index is 1620. The largest absolute Gasteiger partial charge is 0.493 e. The maximum Gasteiger partial charge on any atom is 0.416 e. The lowest BCUT2D eigenvalue weighted by Crippen LogP contribution is -2.08. The van der Waals surface area contributed by atoms with Crippen LogP contribution >= 0.6 is 0 Å². The number of hydrogen-bond donors (Lipinski definition) is 2. The predicted octanol–water partition coefficient (Wildman–Crippen LogP) is 6.27. The number of benzene rings is 3. The predicted molar refractivity (Wildman–Crippen MR) is 149 cm³/mol. The van der Waals surface area contributed by atoms with E-state index in [2.05, 4.69) is 20.6 Å². The van der Waals surface area contributed by atoms with Crippen molar-refractivity contribution in [2.75, 3.05) is 32.0 Å². The number of halogens is 3. The standard InChI is InChI=1S/C29H27F3N6O3/c1-39-22-13-21(14-23(40-2)25(22)41-3)35-28-36-26(33-15-18-7-5-4-6-8-18)24-27(37-28)38(17-34-24)16-19-9-11-20(12-10-19)29(30,31)32/h4-14,17H,15-16H2,1-3H3,(H2,33,35,36,37). The van der Waals surface area contributed by atoms with Crippen molar-refractivity contribution < 1.29 is 27.4 Å². The molecule has 0 aliphatic carbocycles. The summed E-state index contributed by atoms with van der Waals surface area (Å²) >= 11 is 0. The lowest BCUT2D eigenvalue weighted by molar-refractivity contribution is -0.137. The van der Waals surface area contributed by atoms with Gasteiger partial charge in [-0.05, 0) is 23.3 Å². The zero-order valence-corrected chi connectivity index (χ0v) is 22.5. The van der Waals surface area contributed by atoms with Gasteiger partial charge in [-0.2, -0.15) is 23.1 Å². The molecule has 0 radical (unpaired) electrons. The summed E-state index contributed by atoms with van der Waals surface area (Å²) in [6.07, 6.45) is -2.81. The van der Waals surface area contributed by atoms with Gasteiger partial charge in [0.1, 0.15) is 0 Å². The fourth-order valence-corrected chi connectivity index (χ4v) is 4.30. The highest BCUT2D eigenvalue weighted by Crippen LogP contribution is 2.40. The van der Waals surface area contributed by atoms with E-state index < -0.39 is 11.7 Å². The van der Waals surface area contributed by atoms with Crippen LogP contribution < -0.4 is 24.8 Å². The molecule has 2 heterocycles. The first kappa shape index (κ1) is 27.6. The van der Waals surface area contributed by atoms with Crippen molar-refractivity contribution in [3.63, 3.8) is 0 Å². The number of ether oxygens (including phenoxy) is 3. The number of alkyl halides is 3. The van der Waals surface area contributed by atoms with Gasteiger partial charge in [-0.25, -0.2) is 4.98 Å². The highest BCUT2D eigenvalue weighted by Gasteiger charge is 2.30. The number of imidazole rings is 1. The smallest absolute Gasteiger partial charge is 0.416 e. The molecule has 0 spiro atoms.